The highest BCUT2D eigenvalue weighted by atomic mass is 16.1. The SMILES string of the molecule is CC(=O)NC1CCC(C([NH])=O)CC1. The summed E-state index contributed by atoms with van der Waals surface area (Å²) in [6.07, 6.45) is 3.14. The average molecular weight is 183 g/mol. The minimum atomic E-state index is -0.457. The molecule has 0 spiro atoms. The molecule has 0 aromatic heterocycles. The summed E-state index contributed by atoms with van der Waals surface area (Å²) in [6, 6.07) is 0.216. The van der Waals surface area contributed by atoms with Gasteiger partial charge in [0.15, 0.2) is 0 Å². The molecule has 2 N–H and O–H groups in total. The van der Waals surface area contributed by atoms with Crippen LogP contribution < -0.4 is 11.1 Å². The van der Waals surface area contributed by atoms with Gasteiger partial charge in [-0.2, -0.15) is 0 Å². The van der Waals surface area contributed by atoms with E-state index in [4.69, 9.17) is 5.73 Å². The zero-order valence-electron chi connectivity index (χ0n) is 7.80. The monoisotopic (exact) mass is 183 g/mol. The van der Waals surface area contributed by atoms with Crippen LogP contribution in [0.2, 0.25) is 0 Å². The molecule has 4 heteroatoms. The lowest BCUT2D eigenvalue weighted by Gasteiger charge is -2.26. The van der Waals surface area contributed by atoms with Crippen LogP contribution in [0, 0.1) is 5.92 Å². The molecule has 0 aliphatic heterocycles. The largest absolute Gasteiger partial charge is 0.354 e. The second-order valence-electron chi connectivity index (χ2n) is 3.61. The lowest BCUT2D eigenvalue weighted by Crippen LogP contribution is -2.37. The van der Waals surface area contributed by atoms with E-state index < -0.39 is 5.91 Å². The van der Waals surface area contributed by atoms with E-state index in [2.05, 4.69) is 5.32 Å². The Hall–Kier alpha value is -1.06. The summed E-state index contributed by atoms with van der Waals surface area (Å²) in [4.78, 5) is 21.4. The van der Waals surface area contributed by atoms with Crippen molar-refractivity contribution >= 4 is 11.8 Å². The van der Waals surface area contributed by atoms with Crippen LogP contribution in [0.4, 0.5) is 0 Å². The van der Waals surface area contributed by atoms with Crippen LogP contribution >= 0.6 is 0 Å². The maximum Gasteiger partial charge on any atom is 0.241 e. The van der Waals surface area contributed by atoms with Crippen LogP contribution in [0.25, 0.3) is 0 Å². The van der Waals surface area contributed by atoms with Gasteiger partial charge in [-0.15, -0.1) is 0 Å². The molecule has 1 rings (SSSR count). The third kappa shape index (κ3) is 3.05. The van der Waals surface area contributed by atoms with Gasteiger partial charge in [0.2, 0.25) is 11.8 Å². The lowest BCUT2D eigenvalue weighted by molar-refractivity contribution is -0.123. The van der Waals surface area contributed by atoms with Crippen LogP contribution in [0.5, 0.6) is 0 Å². The van der Waals surface area contributed by atoms with E-state index in [0.717, 1.165) is 25.7 Å². The van der Waals surface area contributed by atoms with Crippen LogP contribution in [-0.2, 0) is 9.59 Å². The van der Waals surface area contributed by atoms with Crippen molar-refractivity contribution in [3.63, 3.8) is 0 Å². The molecule has 4 nitrogen and oxygen atoms in total. The quantitative estimate of drug-likeness (QED) is 0.676. The summed E-state index contributed by atoms with van der Waals surface area (Å²) in [6.45, 7) is 1.50. The first-order chi connectivity index (χ1) is 6.09. The topological polar surface area (TPSA) is 70.0 Å². The first-order valence-corrected chi connectivity index (χ1v) is 4.62. The molecule has 0 aromatic carbocycles. The Labute approximate surface area is 77.9 Å². The molecule has 1 aliphatic carbocycles. The zero-order valence-corrected chi connectivity index (χ0v) is 7.80. The molecule has 0 heterocycles. The van der Waals surface area contributed by atoms with Crippen molar-refractivity contribution in [2.45, 2.75) is 38.6 Å². The second-order valence-corrected chi connectivity index (χ2v) is 3.61. The maximum atomic E-state index is 10.7. The molecular weight excluding hydrogens is 168 g/mol. The Morgan fingerprint density at radius 1 is 1.23 bits per heavy atom. The van der Waals surface area contributed by atoms with E-state index in [9.17, 15) is 9.59 Å². The molecule has 1 fully saturated rings. The van der Waals surface area contributed by atoms with E-state index >= 15 is 0 Å². The fourth-order valence-corrected chi connectivity index (χ4v) is 1.79. The van der Waals surface area contributed by atoms with Gasteiger partial charge < -0.3 is 5.32 Å². The van der Waals surface area contributed by atoms with Crippen molar-refractivity contribution in [1.29, 1.82) is 0 Å². The highest BCUT2D eigenvalue weighted by Crippen LogP contribution is 2.23. The first-order valence-electron chi connectivity index (χ1n) is 4.62. The number of hydrogen-bond donors (Lipinski definition) is 1. The summed E-state index contributed by atoms with van der Waals surface area (Å²) in [5.41, 5.74) is 6.95. The maximum absolute atomic E-state index is 10.7. The number of rotatable bonds is 2. The molecule has 0 saturated heterocycles. The Kier molecular flexibility index (Phi) is 3.28. The van der Waals surface area contributed by atoms with E-state index in [1.807, 2.05) is 0 Å². The fourth-order valence-electron chi connectivity index (χ4n) is 1.79. The molecule has 0 aromatic rings. The molecule has 0 unspecified atom stereocenters. The Bertz CT molecular complexity index is 208. The van der Waals surface area contributed by atoms with Gasteiger partial charge in [-0.1, -0.05) is 0 Å². The van der Waals surface area contributed by atoms with Gasteiger partial charge in [-0.05, 0) is 25.7 Å². The minimum Gasteiger partial charge on any atom is -0.354 e. The van der Waals surface area contributed by atoms with E-state index in [-0.39, 0.29) is 17.9 Å². The predicted molar refractivity (Wildman–Crippen MR) is 47.7 cm³/mol. The van der Waals surface area contributed by atoms with Gasteiger partial charge in [0.25, 0.3) is 0 Å². The predicted octanol–water partition coefficient (Wildman–Crippen LogP) is 0.491. The van der Waals surface area contributed by atoms with Gasteiger partial charge >= 0.3 is 0 Å². The number of amides is 2. The summed E-state index contributed by atoms with van der Waals surface area (Å²) in [7, 11) is 0. The highest BCUT2D eigenvalue weighted by Gasteiger charge is 2.25. The zero-order chi connectivity index (χ0) is 9.84. The molecule has 1 radical (unpaired) electrons. The van der Waals surface area contributed by atoms with Gasteiger partial charge in [0, 0.05) is 18.9 Å². The van der Waals surface area contributed by atoms with Gasteiger partial charge in [-0.3, -0.25) is 15.3 Å². The Morgan fingerprint density at radius 3 is 2.15 bits per heavy atom. The number of nitrogens with one attached hydrogen (secondary N) is 2. The second kappa shape index (κ2) is 4.25. The van der Waals surface area contributed by atoms with Gasteiger partial charge in [0.1, 0.15) is 0 Å². The lowest BCUT2D eigenvalue weighted by atomic mass is 9.85. The molecule has 2 amide bonds. The molecular formula is C9H15N2O2. The third-order valence-corrected chi connectivity index (χ3v) is 2.51. The third-order valence-electron chi connectivity index (χ3n) is 2.51. The molecule has 1 saturated carbocycles. The van der Waals surface area contributed by atoms with E-state index in [1.54, 1.807) is 0 Å². The van der Waals surface area contributed by atoms with Crippen molar-refractivity contribution in [1.82, 2.24) is 11.1 Å². The number of hydrogen-bond acceptors (Lipinski definition) is 2. The normalized spacial score (nSPS) is 28.1. The number of carbonyl (C=O) groups excluding carboxylic acids is 2. The molecule has 1 aliphatic rings. The summed E-state index contributed by atoms with van der Waals surface area (Å²) >= 11 is 0. The van der Waals surface area contributed by atoms with Gasteiger partial charge in [-0.25, -0.2) is 0 Å². The van der Waals surface area contributed by atoms with E-state index in [1.165, 1.54) is 6.92 Å². The number of carbonyl (C=O) groups is 2. The van der Waals surface area contributed by atoms with Crippen molar-refractivity contribution in [2.24, 2.45) is 5.92 Å². The van der Waals surface area contributed by atoms with Crippen molar-refractivity contribution in [3.8, 4) is 0 Å². The van der Waals surface area contributed by atoms with Crippen molar-refractivity contribution in [3.05, 3.63) is 0 Å². The summed E-state index contributed by atoms with van der Waals surface area (Å²) in [5.74, 6) is -0.563. The highest BCUT2D eigenvalue weighted by molar-refractivity contribution is 5.76. The molecule has 0 bridgehead atoms. The molecule has 73 valence electrons. The van der Waals surface area contributed by atoms with Crippen LogP contribution in [-0.4, -0.2) is 17.9 Å². The molecule has 13 heavy (non-hydrogen) atoms. The van der Waals surface area contributed by atoms with E-state index in [0.29, 0.717) is 0 Å². The Balaban J connectivity index is 2.30. The summed E-state index contributed by atoms with van der Waals surface area (Å²) in [5, 5.41) is 2.83. The Morgan fingerprint density at radius 2 is 1.77 bits per heavy atom. The average Bonchev–Trinajstić information content (AvgIpc) is 2.04. The van der Waals surface area contributed by atoms with Crippen LogP contribution in [0.3, 0.4) is 0 Å². The van der Waals surface area contributed by atoms with Crippen LogP contribution in [0.1, 0.15) is 32.6 Å². The smallest absolute Gasteiger partial charge is 0.241 e. The van der Waals surface area contributed by atoms with Crippen molar-refractivity contribution in [2.75, 3.05) is 0 Å². The standard InChI is InChI=1S/C9H15N2O2/c1-6(12)11-8-4-2-7(3-5-8)9(10)13/h7-8,10H,2-5H2,1H3,(H,11,12). The van der Waals surface area contributed by atoms with Gasteiger partial charge in [0.05, 0.1) is 0 Å². The van der Waals surface area contributed by atoms with Crippen LogP contribution in [0.15, 0.2) is 0 Å². The fraction of sp³-hybridized carbons (Fsp3) is 0.778. The molecule has 0 atom stereocenters. The van der Waals surface area contributed by atoms with Crippen molar-refractivity contribution < 1.29 is 9.59 Å². The summed E-state index contributed by atoms with van der Waals surface area (Å²) < 4.78 is 0. The minimum absolute atomic E-state index is 0.0133. The first kappa shape index (κ1) is 10.0.